The Morgan fingerprint density at radius 1 is 1.19 bits per heavy atom. The Morgan fingerprint density at radius 3 is 2.66 bits per heavy atom. The zero-order chi connectivity index (χ0) is 22.8. The summed E-state index contributed by atoms with van der Waals surface area (Å²) in [5.41, 5.74) is 3.35. The van der Waals surface area contributed by atoms with Crippen molar-refractivity contribution >= 4 is 50.0 Å². The number of nitrogens with zero attached hydrogens (tertiary/aromatic N) is 2. The third-order valence-electron chi connectivity index (χ3n) is 6.29. The number of carbonyl (C=O) groups is 2. The van der Waals surface area contributed by atoms with E-state index >= 15 is 0 Å². The maximum absolute atomic E-state index is 13.3. The fourth-order valence-corrected chi connectivity index (χ4v) is 5.09. The number of hydrogen-bond acceptors (Lipinski definition) is 4. The number of halogens is 1. The summed E-state index contributed by atoms with van der Waals surface area (Å²) in [4.78, 5) is 31.8. The fourth-order valence-electron chi connectivity index (χ4n) is 4.61. The predicted molar refractivity (Wildman–Crippen MR) is 131 cm³/mol. The van der Waals surface area contributed by atoms with Crippen LogP contribution in [0, 0.1) is 5.92 Å². The lowest BCUT2D eigenvalue weighted by Crippen LogP contribution is -2.53. The van der Waals surface area contributed by atoms with Gasteiger partial charge >= 0.3 is 6.09 Å². The predicted octanol–water partition coefficient (Wildman–Crippen LogP) is 5.16. The second-order valence-electron chi connectivity index (χ2n) is 8.64. The third-order valence-corrected chi connectivity index (χ3v) is 6.98. The molecule has 0 aliphatic carbocycles. The number of amides is 2. The molecule has 2 aromatic rings. The second-order valence-corrected chi connectivity index (χ2v) is 9.49. The standard InChI is InChI=1S/C25H28BrN3O3/c1-15(2)23(28-25(31)32-3)24(30)29-12-6-9-22(29)21-13-16(14-27-21)17-10-11-20(26)19-8-5-4-7-18(17)19/h4-5,7-8,10-11,14-15,22-23H,6,9,12-13H2,1-3H3,(H,28,31)/t22-,23-/m0/s1. The van der Waals surface area contributed by atoms with Gasteiger partial charge in [0.15, 0.2) is 0 Å². The van der Waals surface area contributed by atoms with Gasteiger partial charge in [-0.15, -0.1) is 0 Å². The molecule has 0 bridgehead atoms. The Hall–Kier alpha value is -2.67. The van der Waals surface area contributed by atoms with Gasteiger partial charge in [0.2, 0.25) is 5.91 Å². The van der Waals surface area contributed by atoms with E-state index in [2.05, 4.69) is 45.5 Å². The number of alkyl carbamates (subject to hydrolysis) is 1. The molecule has 0 aromatic heterocycles. The van der Waals surface area contributed by atoms with Crippen LogP contribution in [0.25, 0.3) is 16.3 Å². The smallest absolute Gasteiger partial charge is 0.407 e. The number of aliphatic imine (C=N–C) groups is 1. The first-order valence-electron chi connectivity index (χ1n) is 11.0. The minimum absolute atomic E-state index is 0.0429. The first-order chi connectivity index (χ1) is 15.4. The number of benzene rings is 2. The number of likely N-dealkylation sites (tertiary alicyclic amines) is 1. The van der Waals surface area contributed by atoms with Crippen LogP contribution in [0.1, 0.15) is 38.7 Å². The maximum atomic E-state index is 13.3. The maximum Gasteiger partial charge on any atom is 0.407 e. The van der Waals surface area contributed by atoms with Crippen molar-refractivity contribution in [3.05, 3.63) is 52.6 Å². The number of carbonyl (C=O) groups excluding carboxylic acids is 2. The number of rotatable bonds is 5. The van der Waals surface area contributed by atoms with Gasteiger partial charge in [-0.25, -0.2) is 4.79 Å². The van der Waals surface area contributed by atoms with Crippen LogP contribution in [0.4, 0.5) is 4.79 Å². The molecule has 1 N–H and O–H groups in total. The molecule has 168 valence electrons. The molecule has 2 heterocycles. The van der Waals surface area contributed by atoms with Gasteiger partial charge in [-0.2, -0.15) is 0 Å². The molecule has 2 aliphatic heterocycles. The highest BCUT2D eigenvalue weighted by molar-refractivity contribution is 9.10. The number of fused-ring (bicyclic) bond motifs is 1. The molecule has 0 saturated carbocycles. The van der Waals surface area contributed by atoms with Gasteiger partial charge in [0.05, 0.1) is 13.2 Å². The van der Waals surface area contributed by atoms with Crippen LogP contribution < -0.4 is 5.32 Å². The normalized spacial score (nSPS) is 19.2. The molecule has 2 amide bonds. The van der Waals surface area contributed by atoms with Crippen molar-refractivity contribution in [3.8, 4) is 0 Å². The summed E-state index contributed by atoms with van der Waals surface area (Å²) in [7, 11) is 1.31. The van der Waals surface area contributed by atoms with Gasteiger partial charge in [-0.3, -0.25) is 9.79 Å². The van der Waals surface area contributed by atoms with E-state index in [1.54, 1.807) is 0 Å². The van der Waals surface area contributed by atoms with Crippen LogP contribution in [0.3, 0.4) is 0 Å². The zero-order valence-electron chi connectivity index (χ0n) is 18.6. The second kappa shape index (κ2) is 9.45. The highest BCUT2D eigenvalue weighted by atomic mass is 79.9. The van der Waals surface area contributed by atoms with Crippen LogP contribution in [0.2, 0.25) is 0 Å². The van der Waals surface area contributed by atoms with E-state index in [0.717, 1.165) is 35.0 Å². The third kappa shape index (κ3) is 4.31. The summed E-state index contributed by atoms with van der Waals surface area (Å²) in [6.45, 7) is 4.52. The molecule has 1 fully saturated rings. The average Bonchev–Trinajstić information content (AvgIpc) is 3.46. The molecule has 0 radical (unpaired) electrons. The molecular weight excluding hydrogens is 470 g/mol. The molecule has 4 rings (SSSR count). The van der Waals surface area contributed by atoms with E-state index in [4.69, 9.17) is 9.73 Å². The van der Waals surface area contributed by atoms with Crippen LogP contribution in [0.15, 0.2) is 52.1 Å². The van der Waals surface area contributed by atoms with Crippen molar-refractivity contribution in [2.24, 2.45) is 10.9 Å². The molecule has 2 aliphatic rings. The van der Waals surface area contributed by atoms with E-state index in [1.807, 2.05) is 37.1 Å². The van der Waals surface area contributed by atoms with E-state index < -0.39 is 12.1 Å². The molecule has 2 aromatic carbocycles. The van der Waals surface area contributed by atoms with Crippen molar-refractivity contribution < 1.29 is 14.3 Å². The topological polar surface area (TPSA) is 71.0 Å². The minimum Gasteiger partial charge on any atom is -0.453 e. The monoisotopic (exact) mass is 497 g/mol. The summed E-state index contributed by atoms with van der Waals surface area (Å²) >= 11 is 3.65. The molecule has 32 heavy (non-hydrogen) atoms. The van der Waals surface area contributed by atoms with Gasteiger partial charge < -0.3 is 15.0 Å². The lowest BCUT2D eigenvalue weighted by molar-refractivity contribution is -0.134. The van der Waals surface area contributed by atoms with Crippen LogP contribution >= 0.6 is 15.9 Å². The lowest BCUT2D eigenvalue weighted by Gasteiger charge is -2.31. The van der Waals surface area contributed by atoms with Crippen LogP contribution in [-0.2, 0) is 9.53 Å². The lowest BCUT2D eigenvalue weighted by atomic mass is 9.94. The number of hydrogen-bond donors (Lipinski definition) is 1. The minimum atomic E-state index is -0.618. The molecule has 7 heteroatoms. The van der Waals surface area contributed by atoms with Gasteiger partial charge in [0.25, 0.3) is 0 Å². The molecule has 0 spiro atoms. The van der Waals surface area contributed by atoms with Crippen molar-refractivity contribution in [2.45, 2.75) is 45.2 Å². The number of allylic oxidation sites excluding steroid dienone is 1. The quantitative estimate of drug-likeness (QED) is 0.619. The van der Waals surface area contributed by atoms with Gasteiger partial charge in [-0.1, -0.05) is 60.1 Å². The summed E-state index contributed by atoms with van der Waals surface area (Å²) in [5.74, 6) is -0.116. The molecule has 6 nitrogen and oxygen atoms in total. The van der Waals surface area contributed by atoms with Crippen molar-refractivity contribution in [1.29, 1.82) is 0 Å². The van der Waals surface area contributed by atoms with Gasteiger partial charge in [0, 0.05) is 29.3 Å². The van der Waals surface area contributed by atoms with E-state index in [9.17, 15) is 9.59 Å². The van der Waals surface area contributed by atoms with Crippen molar-refractivity contribution in [2.75, 3.05) is 13.7 Å². The van der Waals surface area contributed by atoms with Crippen LogP contribution in [-0.4, -0.2) is 48.4 Å². The highest BCUT2D eigenvalue weighted by Gasteiger charge is 2.38. The summed E-state index contributed by atoms with van der Waals surface area (Å²) < 4.78 is 5.79. The highest BCUT2D eigenvalue weighted by Crippen LogP contribution is 2.36. The number of ether oxygens (including phenoxy) is 1. The molecule has 1 saturated heterocycles. The first kappa shape index (κ1) is 22.5. The Morgan fingerprint density at radius 2 is 1.94 bits per heavy atom. The Bertz CT molecular complexity index is 1110. The number of nitrogens with one attached hydrogen (secondary N) is 1. The molecule has 2 atom stereocenters. The SMILES string of the molecule is COC(=O)N[C@H](C(=O)N1CCC[C@H]1C1=NC=C(c2ccc(Br)c3ccccc23)C1)C(C)C. The van der Waals surface area contributed by atoms with E-state index in [1.165, 1.54) is 23.4 Å². The fraction of sp³-hybridized carbons (Fsp3) is 0.400. The summed E-state index contributed by atoms with van der Waals surface area (Å²) in [6.07, 6.45) is 3.89. The van der Waals surface area contributed by atoms with E-state index in [0.29, 0.717) is 6.54 Å². The largest absolute Gasteiger partial charge is 0.453 e. The van der Waals surface area contributed by atoms with Crippen molar-refractivity contribution in [3.63, 3.8) is 0 Å². The number of methoxy groups -OCH3 is 1. The van der Waals surface area contributed by atoms with E-state index in [-0.39, 0.29) is 17.9 Å². The van der Waals surface area contributed by atoms with Crippen molar-refractivity contribution in [1.82, 2.24) is 10.2 Å². The Kier molecular flexibility index (Phi) is 6.65. The first-order valence-corrected chi connectivity index (χ1v) is 11.8. The summed E-state index contributed by atoms with van der Waals surface area (Å²) in [5, 5.41) is 5.06. The van der Waals surface area contributed by atoms with Gasteiger partial charge in [0.1, 0.15) is 6.04 Å². The average molecular weight is 498 g/mol. The molecule has 0 unspecified atom stereocenters. The van der Waals surface area contributed by atoms with Gasteiger partial charge in [-0.05, 0) is 46.7 Å². The Labute approximate surface area is 196 Å². The van der Waals surface area contributed by atoms with Crippen LogP contribution in [0.5, 0.6) is 0 Å². The Balaban J connectivity index is 1.53. The molecular formula is C25H28BrN3O3. The summed E-state index contributed by atoms with van der Waals surface area (Å²) in [6, 6.07) is 11.9. The zero-order valence-corrected chi connectivity index (χ0v) is 20.2.